The van der Waals surface area contributed by atoms with E-state index >= 15 is 0 Å². The van der Waals surface area contributed by atoms with Gasteiger partial charge in [-0.3, -0.25) is 9.48 Å². The van der Waals surface area contributed by atoms with Gasteiger partial charge >= 0.3 is 0 Å². The van der Waals surface area contributed by atoms with Crippen LogP contribution < -0.4 is 5.32 Å². The highest BCUT2D eigenvalue weighted by atomic mass is 19.1. The summed E-state index contributed by atoms with van der Waals surface area (Å²) >= 11 is 0. The summed E-state index contributed by atoms with van der Waals surface area (Å²) in [5.41, 5.74) is 1.96. The fraction of sp³-hybridized carbons (Fsp3) is 0.474. The normalized spacial score (nSPS) is 14.8. The van der Waals surface area contributed by atoms with Crippen LogP contribution in [-0.2, 0) is 28.6 Å². The second-order valence-corrected chi connectivity index (χ2v) is 6.57. The summed E-state index contributed by atoms with van der Waals surface area (Å²) in [6, 6.07) is 6.03. The molecule has 6 heteroatoms. The molecule has 2 aromatic rings. The van der Waals surface area contributed by atoms with Crippen molar-refractivity contribution in [3.05, 3.63) is 52.6 Å². The van der Waals surface area contributed by atoms with Crippen LogP contribution in [0.3, 0.4) is 0 Å². The van der Waals surface area contributed by atoms with Crippen LogP contribution in [0.2, 0.25) is 0 Å². The molecule has 0 spiro atoms. The Morgan fingerprint density at radius 1 is 1.40 bits per heavy atom. The van der Waals surface area contributed by atoms with Crippen LogP contribution in [0, 0.1) is 19.7 Å². The number of aryl methyl sites for hydroxylation is 2. The molecular weight excluding hydrogens is 321 g/mol. The van der Waals surface area contributed by atoms with E-state index in [-0.39, 0.29) is 17.5 Å². The number of carbonyl (C=O) groups excluding carboxylic acids is 1. The Morgan fingerprint density at radius 3 is 2.56 bits per heavy atom. The van der Waals surface area contributed by atoms with Crippen molar-refractivity contribution in [3.8, 4) is 0 Å². The van der Waals surface area contributed by atoms with E-state index in [1.807, 2.05) is 32.5 Å². The number of carbonyl (C=O) groups is 1. The maximum absolute atomic E-state index is 14.2. The van der Waals surface area contributed by atoms with Crippen LogP contribution in [0.25, 0.3) is 0 Å². The van der Waals surface area contributed by atoms with Crippen LogP contribution >= 0.6 is 0 Å². The monoisotopic (exact) mass is 347 g/mol. The predicted molar refractivity (Wildman–Crippen MR) is 94.8 cm³/mol. The Bertz CT molecular complexity index is 772. The Kier molecular flexibility index (Phi) is 5.62. The van der Waals surface area contributed by atoms with E-state index in [0.29, 0.717) is 6.42 Å². The van der Waals surface area contributed by atoms with Crippen LogP contribution in [-0.4, -0.2) is 28.8 Å². The molecule has 0 bridgehead atoms. The van der Waals surface area contributed by atoms with Gasteiger partial charge in [0.1, 0.15) is 5.82 Å². The van der Waals surface area contributed by atoms with Crippen LogP contribution in [0.5, 0.6) is 0 Å². The summed E-state index contributed by atoms with van der Waals surface area (Å²) in [5, 5.41) is 7.34. The number of halogens is 1. The minimum Gasteiger partial charge on any atom is -0.364 e. The van der Waals surface area contributed by atoms with E-state index in [0.717, 1.165) is 17.0 Å². The van der Waals surface area contributed by atoms with Crippen LogP contribution in [0.1, 0.15) is 36.4 Å². The van der Waals surface area contributed by atoms with Crippen molar-refractivity contribution in [2.75, 3.05) is 7.11 Å². The molecule has 1 N–H and O–H groups in total. The van der Waals surface area contributed by atoms with Crippen molar-refractivity contribution in [1.82, 2.24) is 15.1 Å². The van der Waals surface area contributed by atoms with Crippen molar-refractivity contribution < 1.29 is 13.9 Å². The van der Waals surface area contributed by atoms with Gasteiger partial charge in [0.25, 0.3) is 5.91 Å². The number of methoxy groups -OCH3 is 1. The average molecular weight is 347 g/mol. The van der Waals surface area contributed by atoms with Gasteiger partial charge in [0.2, 0.25) is 0 Å². The first-order chi connectivity index (χ1) is 11.7. The zero-order chi connectivity index (χ0) is 18.8. The SMILES string of the molecule is CO[C@](C)(C(=O)N[C@@H](C)Cc1c(C)nn(C)c1C)c1ccccc1F. The Balaban J connectivity index is 2.18. The van der Waals surface area contributed by atoms with E-state index in [1.54, 1.807) is 25.1 Å². The fourth-order valence-corrected chi connectivity index (χ4v) is 3.00. The number of benzene rings is 1. The topological polar surface area (TPSA) is 56.1 Å². The summed E-state index contributed by atoms with van der Waals surface area (Å²) < 4.78 is 21.4. The summed E-state index contributed by atoms with van der Waals surface area (Å²) in [6.45, 7) is 7.45. The van der Waals surface area contributed by atoms with E-state index < -0.39 is 11.4 Å². The standard InChI is InChI=1S/C19H26FN3O2/c1-12(11-15-13(2)22-23(5)14(15)3)21-18(24)19(4,25-6)16-9-7-8-10-17(16)20/h7-10,12H,11H2,1-6H3,(H,21,24)/t12-,19-/m0/s1. The molecule has 0 saturated heterocycles. The summed E-state index contributed by atoms with van der Waals surface area (Å²) in [5.74, 6) is -0.833. The molecule has 25 heavy (non-hydrogen) atoms. The van der Waals surface area contributed by atoms with Gasteiger partial charge in [-0.1, -0.05) is 18.2 Å². The first kappa shape index (κ1) is 19.1. The number of ether oxygens (including phenoxy) is 1. The van der Waals surface area contributed by atoms with Crippen molar-refractivity contribution in [1.29, 1.82) is 0 Å². The molecular formula is C19H26FN3O2. The first-order valence-corrected chi connectivity index (χ1v) is 8.31. The molecule has 1 aromatic carbocycles. The fourth-order valence-electron chi connectivity index (χ4n) is 3.00. The highest BCUT2D eigenvalue weighted by molar-refractivity contribution is 5.86. The van der Waals surface area contributed by atoms with Crippen LogP contribution in [0.15, 0.2) is 24.3 Å². The molecule has 1 aromatic heterocycles. The predicted octanol–water partition coefficient (Wildman–Crippen LogP) is 2.79. The number of nitrogens with zero attached hydrogens (tertiary/aromatic N) is 2. The number of aromatic nitrogens is 2. The zero-order valence-electron chi connectivity index (χ0n) is 15.7. The Labute approximate surface area is 148 Å². The minimum absolute atomic E-state index is 0.143. The van der Waals surface area contributed by atoms with Gasteiger partial charge in [-0.05, 0) is 45.7 Å². The Hall–Kier alpha value is -2.21. The highest BCUT2D eigenvalue weighted by Crippen LogP contribution is 2.27. The molecule has 136 valence electrons. The second-order valence-electron chi connectivity index (χ2n) is 6.57. The molecule has 1 amide bonds. The lowest BCUT2D eigenvalue weighted by molar-refractivity contribution is -0.143. The zero-order valence-corrected chi connectivity index (χ0v) is 15.7. The van der Waals surface area contributed by atoms with E-state index in [2.05, 4.69) is 10.4 Å². The van der Waals surface area contributed by atoms with Crippen molar-refractivity contribution in [2.24, 2.45) is 7.05 Å². The molecule has 0 saturated carbocycles. The summed E-state index contributed by atoms with van der Waals surface area (Å²) in [4.78, 5) is 12.8. The van der Waals surface area contributed by atoms with Gasteiger partial charge in [-0.2, -0.15) is 5.10 Å². The van der Waals surface area contributed by atoms with Gasteiger partial charge in [0, 0.05) is 31.5 Å². The lowest BCUT2D eigenvalue weighted by Crippen LogP contribution is -2.48. The van der Waals surface area contributed by atoms with Crippen molar-refractivity contribution >= 4 is 5.91 Å². The van der Waals surface area contributed by atoms with Gasteiger partial charge < -0.3 is 10.1 Å². The molecule has 0 fully saturated rings. The minimum atomic E-state index is -1.39. The molecule has 0 unspecified atom stereocenters. The number of nitrogens with one attached hydrogen (secondary N) is 1. The smallest absolute Gasteiger partial charge is 0.256 e. The second kappa shape index (κ2) is 7.35. The third kappa shape index (κ3) is 3.74. The summed E-state index contributed by atoms with van der Waals surface area (Å²) in [7, 11) is 3.31. The number of hydrogen-bond donors (Lipinski definition) is 1. The quantitative estimate of drug-likeness (QED) is 0.874. The molecule has 2 atom stereocenters. The van der Waals surface area contributed by atoms with E-state index in [1.165, 1.54) is 13.2 Å². The molecule has 0 aliphatic carbocycles. The first-order valence-electron chi connectivity index (χ1n) is 8.31. The van der Waals surface area contributed by atoms with E-state index in [4.69, 9.17) is 4.74 Å². The van der Waals surface area contributed by atoms with Crippen LogP contribution in [0.4, 0.5) is 4.39 Å². The third-order valence-electron chi connectivity index (χ3n) is 4.78. The number of rotatable bonds is 6. The highest BCUT2D eigenvalue weighted by Gasteiger charge is 2.38. The van der Waals surface area contributed by atoms with Crippen molar-refractivity contribution in [3.63, 3.8) is 0 Å². The maximum atomic E-state index is 14.2. The lowest BCUT2D eigenvalue weighted by atomic mass is 9.93. The Morgan fingerprint density at radius 2 is 2.04 bits per heavy atom. The average Bonchev–Trinajstić information content (AvgIpc) is 2.80. The molecule has 0 aliphatic heterocycles. The number of hydrogen-bond acceptors (Lipinski definition) is 3. The van der Waals surface area contributed by atoms with Gasteiger partial charge in [-0.25, -0.2) is 4.39 Å². The molecule has 1 heterocycles. The van der Waals surface area contributed by atoms with Gasteiger partial charge in [0.05, 0.1) is 5.69 Å². The maximum Gasteiger partial charge on any atom is 0.256 e. The van der Waals surface area contributed by atoms with Gasteiger partial charge in [0.15, 0.2) is 5.60 Å². The molecule has 5 nitrogen and oxygen atoms in total. The molecule has 0 aliphatic rings. The lowest BCUT2D eigenvalue weighted by Gasteiger charge is -2.29. The van der Waals surface area contributed by atoms with Gasteiger partial charge in [-0.15, -0.1) is 0 Å². The summed E-state index contributed by atoms with van der Waals surface area (Å²) in [6.07, 6.45) is 0.647. The molecule has 0 radical (unpaired) electrons. The third-order valence-corrected chi connectivity index (χ3v) is 4.78. The largest absolute Gasteiger partial charge is 0.364 e. The number of amides is 1. The van der Waals surface area contributed by atoms with E-state index in [9.17, 15) is 9.18 Å². The molecule has 2 rings (SSSR count). The van der Waals surface area contributed by atoms with Crippen molar-refractivity contribution in [2.45, 2.75) is 45.8 Å².